The van der Waals surface area contributed by atoms with Gasteiger partial charge < -0.3 is 0 Å². The molecule has 0 aliphatic rings. The number of hydrogen-bond donors (Lipinski definition) is 1. The van der Waals surface area contributed by atoms with E-state index < -0.39 is 17.8 Å². The van der Waals surface area contributed by atoms with Gasteiger partial charge in [0.1, 0.15) is 6.33 Å². The molecule has 2 aromatic heterocycles. The molecule has 29 heavy (non-hydrogen) atoms. The van der Waals surface area contributed by atoms with Gasteiger partial charge in [-0.1, -0.05) is 29.8 Å². The average Bonchev–Trinajstić information content (AvgIpc) is 3.20. The van der Waals surface area contributed by atoms with Crippen LogP contribution < -0.4 is 5.32 Å². The molecular formula is C17H15BrClF3N6O. The second kappa shape index (κ2) is 8.54. The van der Waals surface area contributed by atoms with E-state index in [1.54, 1.807) is 6.07 Å². The summed E-state index contributed by atoms with van der Waals surface area (Å²) in [6.07, 6.45) is -3.22. The molecule has 1 N–H and O–H groups in total. The van der Waals surface area contributed by atoms with E-state index in [0.29, 0.717) is 11.6 Å². The third-order valence-electron chi connectivity index (χ3n) is 4.03. The summed E-state index contributed by atoms with van der Waals surface area (Å²) in [6, 6.07) is 7.27. The highest BCUT2D eigenvalue weighted by atomic mass is 79.9. The fourth-order valence-electron chi connectivity index (χ4n) is 2.55. The quantitative estimate of drug-likeness (QED) is 0.558. The standard InChI is InChI=1S/C17H15BrClF3N6O/c1-10-14(18)15(17(20,21)22)25-28(10)7-6-13(29)24-16-23-9-27(26-16)8-11-4-2-3-5-12(11)19/h2-5,9H,6-8H2,1H3,(H,24,26,29). The number of carbonyl (C=O) groups excluding carboxylic acids is 1. The molecule has 3 aromatic rings. The Morgan fingerprint density at radius 3 is 2.66 bits per heavy atom. The smallest absolute Gasteiger partial charge is 0.293 e. The van der Waals surface area contributed by atoms with Gasteiger partial charge in [-0.15, -0.1) is 5.10 Å². The summed E-state index contributed by atoms with van der Waals surface area (Å²) in [4.78, 5) is 16.1. The Morgan fingerprint density at radius 1 is 1.28 bits per heavy atom. The minimum absolute atomic E-state index is 0.0212. The van der Waals surface area contributed by atoms with Gasteiger partial charge in [0.25, 0.3) is 0 Å². The van der Waals surface area contributed by atoms with E-state index in [4.69, 9.17) is 11.6 Å². The molecule has 0 spiro atoms. The summed E-state index contributed by atoms with van der Waals surface area (Å²) in [5.74, 6) is -0.350. The van der Waals surface area contributed by atoms with Crippen molar-refractivity contribution in [2.45, 2.75) is 32.6 Å². The zero-order valence-electron chi connectivity index (χ0n) is 15.0. The Balaban J connectivity index is 1.58. The summed E-state index contributed by atoms with van der Waals surface area (Å²) < 4.78 is 41.2. The maximum atomic E-state index is 12.9. The lowest BCUT2D eigenvalue weighted by atomic mass is 10.2. The van der Waals surface area contributed by atoms with Crippen molar-refractivity contribution in [2.75, 3.05) is 5.32 Å². The predicted octanol–water partition coefficient (Wildman–Crippen LogP) is 4.29. The third-order valence-corrected chi connectivity index (χ3v) is 5.35. The van der Waals surface area contributed by atoms with E-state index >= 15 is 0 Å². The Bertz CT molecular complexity index is 1030. The van der Waals surface area contributed by atoms with Crippen molar-refractivity contribution in [3.8, 4) is 0 Å². The molecule has 0 aliphatic carbocycles. The van der Waals surface area contributed by atoms with Gasteiger partial charge in [0.05, 0.1) is 23.3 Å². The highest BCUT2D eigenvalue weighted by Gasteiger charge is 2.37. The van der Waals surface area contributed by atoms with Crippen LogP contribution in [-0.2, 0) is 24.1 Å². The van der Waals surface area contributed by atoms with E-state index in [-0.39, 0.29) is 29.1 Å². The van der Waals surface area contributed by atoms with Gasteiger partial charge >= 0.3 is 6.18 Å². The van der Waals surface area contributed by atoms with E-state index in [0.717, 1.165) is 10.2 Å². The Hall–Kier alpha value is -2.40. The van der Waals surface area contributed by atoms with Crippen LogP contribution in [0.1, 0.15) is 23.4 Å². The normalized spacial score (nSPS) is 11.7. The fourth-order valence-corrected chi connectivity index (χ4v) is 3.25. The number of benzene rings is 1. The van der Waals surface area contributed by atoms with Crippen LogP contribution in [0, 0.1) is 6.92 Å². The topological polar surface area (TPSA) is 77.6 Å². The first-order valence-electron chi connectivity index (χ1n) is 8.38. The molecule has 0 bridgehead atoms. The molecule has 7 nitrogen and oxygen atoms in total. The molecule has 0 saturated heterocycles. The van der Waals surface area contributed by atoms with Crippen LogP contribution in [0.5, 0.6) is 0 Å². The molecule has 3 rings (SSSR count). The highest BCUT2D eigenvalue weighted by molar-refractivity contribution is 9.10. The number of carbonyl (C=O) groups is 1. The molecule has 1 amide bonds. The maximum Gasteiger partial charge on any atom is 0.436 e. The Morgan fingerprint density at radius 2 is 2.00 bits per heavy atom. The predicted molar refractivity (Wildman–Crippen MR) is 103 cm³/mol. The molecule has 0 saturated carbocycles. The third kappa shape index (κ3) is 5.15. The van der Waals surface area contributed by atoms with Gasteiger partial charge in [-0.25, -0.2) is 9.67 Å². The zero-order valence-corrected chi connectivity index (χ0v) is 17.4. The van der Waals surface area contributed by atoms with Crippen LogP contribution in [0.15, 0.2) is 35.1 Å². The average molecular weight is 492 g/mol. The van der Waals surface area contributed by atoms with E-state index in [9.17, 15) is 18.0 Å². The molecule has 0 unspecified atom stereocenters. The van der Waals surface area contributed by atoms with Crippen LogP contribution >= 0.6 is 27.5 Å². The second-order valence-corrected chi connectivity index (χ2v) is 7.32. The molecule has 0 atom stereocenters. The summed E-state index contributed by atoms with van der Waals surface area (Å²) in [6.45, 7) is 1.85. The molecule has 1 aromatic carbocycles. The van der Waals surface area contributed by atoms with Gasteiger partial charge in [0.15, 0.2) is 5.69 Å². The summed E-state index contributed by atoms with van der Waals surface area (Å²) in [5.41, 5.74) is 0.111. The molecule has 0 radical (unpaired) electrons. The zero-order chi connectivity index (χ0) is 21.2. The van der Waals surface area contributed by atoms with Crippen molar-refractivity contribution in [1.29, 1.82) is 0 Å². The number of nitrogens with one attached hydrogen (secondary N) is 1. The number of alkyl halides is 3. The summed E-state index contributed by atoms with van der Waals surface area (Å²) in [7, 11) is 0. The maximum absolute atomic E-state index is 12.9. The molecule has 12 heteroatoms. The number of aryl methyl sites for hydroxylation is 1. The van der Waals surface area contributed by atoms with Crippen molar-refractivity contribution in [1.82, 2.24) is 24.5 Å². The SMILES string of the molecule is Cc1c(Br)c(C(F)(F)F)nn1CCC(=O)Nc1ncn(Cc2ccccc2Cl)n1. The minimum atomic E-state index is -4.57. The number of hydrogen-bond acceptors (Lipinski definition) is 4. The van der Waals surface area contributed by atoms with Crippen molar-refractivity contribution in [2.24, 2.45) is 0 Å². The number of amides is 1. The largest absolute Gasteiger partial charge is 0.436 e. The lowest BCUT2D eigenvalue weighted by Gasteiger charge is -2.05. The fraction of sp³-hybridized carbons (Fsp3) is 0.294. The molecular weight excluding hydrogens is 477 g/mol. The molecule has 2 heterocycles. The Kier molecular flexibility index (Phi) is 6.27. The monoisotopic (exact) mass is 490 g/mol. The molecule has 154 valence electrons. The van der Waals surface area contributed by atoms with Gasteiger partial charge in [-0.3, -0.25) is 14.8 Å². The van der Waals surface area contributed by atoms with Gasteiger partial charge in [-0.05, 0) is 34.5 Å². The second-order valence-electron chi connectivity index (χ2n) is 6.12. The van der Waals surface area contributed by atoms with Crippen LogP contribution in [0.4, 0.5) is 19.1 Å². The van der Waals surface area contributed by atoms with Crippen LogP contribution in [0.2, 0.25) is 5.02 Å². The van der Waals surface area contributed by atoms with Crippen molar-refractivity contribution in [3.63, 3.8) is 0 Å². The van der Waals surface area contributed by atoms with Crippen molar-refractivity contribution in [3.05, 3.63) is 57.0 Å². The van der Waals surface area contributed by atoms with Crippen LogP contribution in [-0.4, -0.2) is 30.5 Å². The first kappa shape index (κ1) is 21.3. The van der Waals surface area contributed by atoms with Gasteiger partial charge in [-0.2, -0.15) is 18.3 Å². The van der Waals surface area contributed by atoms with Crippen LogP contribution in [0.25, 0.3) is 0 Å². The molecule has 0 fully saturated rings. The first-order valence-corrected chi connectivity index (χ1v) is 9.55. The number of rotatable bonds is 6. The highest BCUT2D eigenvalue weighted by Crippen LogP contribution is 2.35. The number of halogens is 5. The lowest BCUT2D eigenvalue weighted by molar-refractivity contribution is -0.142. The number of aromatic nitrogens is 5. The van der Waals surface area contributed by atoms with Gasteiger partial charge in [0.2, 0.25) is 11.9 Å². The summed E-state index contributed by atoms with van der Waals surface area (Å²) in [5, 5.41) is 10.8. The summed E-state index contributed by atoms with van der Waals surface area (Å²) >= 11 is 9.00. The van der Waals surface area contributed by atoms with Crippen LogP contribution in [0.3, 0.4) is 0 Å². The van der Waals surface area contributed by atoms with Gasteiger partial charge in [0, 0.05) is 11.4 Å². The minimum Gasteiger partial charge on any atom is -0.293 e. The van der Waals surface area contributed by atoms with Crippen molar-refractivity contribution < 1.29 is 18.0 Å². The molecule has 0 aliphatic heterocycles. The Labute approximate surface area is 177 Å². The lowest BCUT2D eigenvalue weighted by Crippen LogP contribution is -2.17. The van der Waals surface area contributed by atoms with E-state index in [1.807, 2.05) is 18.2 Å². The van der Waals surface area contributed by atoms with Crippen molar-refractivity contribution >= 4 is 39.4 Å². The number of anilines is 1. The van der Waals surface area contributed by atoms with E-state index in [1.165, 1.54) is 17.9 Å². The number of nitrogens with zero attached hydrogens (tertiary/aromatic N) is 5. The van der Waals surface area contributed by atoms with E-state index in [2.05, 4.69) is 36.4 Å². The first-order chi connectivity index (χ1) is 13.6.